The van der Waals surface area contributed by atoms with Crippen LogP contribution in [0.4, 0.5) is 5.69 Å². The van der Waals surface area contributed by atoms with Crippen LogP contribution >= 0.6 is 0 Å². The molecule has 1 atom stereocenters. The summed E-state index contributed by atoms with van der Waals surface area (Å²) in [7, 11) is 0. The highest BCUT2D eigenvalue weighted by Gasteiger charge is 2.20. The molecule has 4 nitrogen and oxygen atoms in total. The Hall–Kier alpha value is -1.81. The van der Waals surface area contributed by atoms with E-state index in [4.69, 9.17) is 0 Å². The van der Waals surface area contributed by atoms with Gasteiger partial charge < -0.3 is 10.2 Å². The van der Waals surface area contributed by atoms with Crippen molar-refractivity contribution in [3.8, 4) is 0 Å². The minimum absolute atomic E-state index is 0.537. The van der Waals surface area contributed by atoms with Gasteiger partial charge in [-0.3, -0.25) is 4.68 Å². The maximum absolute atomic E-state index is 4.27. The molecule has 0 aliphatic carbocycles. The standard InChI is InChI=1S/C19H28N4/c1-16-5-3-6-19(15-16)22-12-8-18(9-13-22)21-17(2)7-14-23-11-4-10-20-23/h3-6,10-11,15,17-18,21H,7-9,12-14H2,1-2H3. The molecule has 1 fully saturated rings. The third-order valence-electron chi connectivity index (χ3n) is 4.73. The molecule has 4 heteroatoms. The van der Waals surface area contributed by atoms with E-state index < -0.39 is 0 Å². The Bertz CT molecular complexity index is 585. The summed E-state index contributed by atoms with van der Waals surface area (Å²) < 4.78 is 2.01. The first-order chi connectivity index (χ1) is 11.2. The molecular formula is C19H28N4. The van der Waals surface area contributed by atoms with E-state index in [1.807, 2.05) is 23.1 Å². The van der Waals surface area contributed by atoms with Crippen molar-refractivity contribution in [1.82, 2.24) is 15.1 Å². The molecule has 1 saturated heterocycles. The molecule has 1 aromatic heterocycles. The zero-order chi connectivity index (χ0) is 16.1. The molecule has 0 amide bonds. The summed E-state index contributed by atoms with van der Waals surface area (Å²) in [6, 6.07) is 12.0. The summed E-state index contributed by atoms with van der Waals surface area (Å²) >= 11 is 0. The van der Waals surface area contributed by atoms with Gasteiger partial charge in [-0.05, 0) is 56.9 Å². The predicted molar refractivity (Wildman–Crippen MR) is 95.9 cm³/mol. The minimum atomic E-state index is 0.537. The second kappa shape index (κ2) is 7.64. The van der Waals surface area contributed by atoms with Crippen LogP contribution in [0.5, 0.6) is 0 Å². The van der Waals surface area contributed by atoms with Crippen LogP contribution in [0.15, 0.2) is 42.7 Å². The normalized spacial score (nSPS) is 17.4. The van der Waals surface area contributed by atoms with Crippen LogP contribution < -0.4 is 10.2 Å². The SMILES string of the molecule is Cc1cccc(N2CCC(NC(C)CCn3cccn3)CC2)c1. The second-order valence-electron chi connectivity index (χ2n) is 6.73. The van der Waals surface area contributed by atoms with Crippen molar-refractivity contribution in [2.24, 2.45) is 0 Å². The highest BCUT2D eigenvalue weighted by Crippen LogP contribution is 2.21. The summed E-state index contributed by atoms with van der Waals surface area (Å²) in [6.07, 6.45) is 7.45. The lowest BCUT2D eigenvalue weighted by atomic mass is 10.0. The van der Waals surface area contributed by atoms with Crippen molar-refractivity contribution in [3.05, 3.63) is 48.3 Å². The van der Waals surface area contributed by atoms with E-state index in [1.165, 1.54) is 24.1 Å². The fourth-order valence-electron chi connectivity index (χ4n) is 3.37. The molecule has 0 spiro atoms. The number of hydrogen-bond donors (Lipinski definition) is 1. The first-order valence-electron chi connectivity index (χ1n) is 8.76. The lowest BCUT2D eigenvalue weighted by Gasteiger charge is -2.35. The number of aryl methyl sites for hydroxylation is 2. The third-order valence-corrected chi connectivity index (χ3v) is 4.73. The molecule has 23 heavy (non-hydrogen) atoms. The quantitative estimate of drug-likeness (QED) is 0.889. The molecule has 0 saturated carbocycles. The Kier molecular flexibility index (Phi) is 5.34. The van der Waals surface area contributed by atoms with E-state index in [2.05, 4.69) is 53.4 Å². The molecule has 2 aromatic rings. The Balaban J connectivity index is 1.42. The van der Waals surface area contributed by atoms with Crippen molar-refractivity contribution < 1.29 is 0 Å². The predicted octanol–water partition coefficient (Wildman–Crippen LogP) is 3.23. The Morgan fingerprint density at radius 1 is 1.26 bits per heavy atom. The number of piperidine rings is 1. The van der Waals surface area contributed by atoms with Gasteiger partial charge in [0.05, 0.1) is 0 Å². The van der Waals surface area contributed by atoms with E-state index in [0.717, 1.165) is 26.1 Å². The number of rotatable bonds is 6. The van der Waals surface area contributed by atoms with E-state index in [-0.39, 0.29) is 0 Å². The minimum Gasteiger partial charge on any atom is -0.371 e. The van der Waals surface area contributed by atoms with Crippen LogP contribution in [0.1, 0.15) is 31.7 Å². The summed E-state index contributed by atoms with van der Waals surface area (Å²) in [5.74, 6) is 0. The Labute approximate surface area is 139 Å². The number of aromatic nitrogens is 2. The van der Waals surface area contributed by atoms with Crippen molar-refractivity contribution in [1.29, 1.82) is 0 Å². The number of benzene rings is 1. The lowest BCUT2D eigenvalue weighted by Crippen LogP contribution is -2.45. The third kappa shape index (κ3) is 4.58. The summed E-state index contributed by atoms with van der Waals surface area (Å²) in [5.41, 5.74) is 2.71. The zero-order valence-electron chi connectivity index (χ0n) is 14.3. The van der Waals surface area contributed by atoms with Gasteiger partial charge in [0.25, 0.3) is 0 Å². The number of nitrogens with one attached hydrogen (secondary N) is 1. The first-order valence-corrected chi connectivity index (χ1v) is 8.76. The lowest BCUT2D eigenvalue weighted by molar-refractivity contribution is 0.354. The smallest absolute Gasteiger partial charge is 0.0489 e. The average Bonchev–Trinajstić information content (AvgIpc) is 3.07. The largest absolute Gasteiger partial charge is 0.371 e. The van der Waals surface area contributed by atoms with Crippen molar-refractivity contribution >= 4 is 5.69 Å². The van der Waals surface area contributed by atoms with Crippen LogP contribution in [0.25, 0.3) is 0 Å². The van der Waals surface area contributed by atoms with Gasteiger partial charge in [-0.15, -0.1) is 0 Å². The summed E-state index contributed by atoms with van der Waals surface area (Å²) in [6.45, 7) is 7.73. The van der Waals surface area contributed by atoms with E-state index >= 15 is 0 Å². The molecule has 124 valence electrons. The first kappa shape index (κ1) is 16.1. The van der Waals surface area contributed by atoms with Crippen molar-refractivity contribution in [2.75, 3.05) is 18.0 Å². The topological polar surface area (TPSA) is 33.1 Å². The molecular weight excluding hydrogens is 284 g/mol. The van der Waals surface area contributed by atoms with Gasteiger partial charge in [0.1, 0.15) is 0 Å². The molecule has 1 aliphatic heterocycles. The van der Waals surface area contributed by atoms with Crippen molar-refractivity contribution in [2.45, 2.75) is 51.7 Å². The van der Waals surface area contributed by atoms with Crippen molar-refractivity contribution in [3.63, 3.8) is 0 Å². The molecule has 0 bridgehead atoms. The number of anilines is 1. The maximum atomic E-state index is 4.27. The van der Waals surface area contributed by atoms with Crippen LogP contribution in [0, 0.1) is 6.92 Å². The highest BCUT2D eigenvalue weighted by molar-refractivity contribution is 5.48. The Morgan fingerprint density at radius 3 is 2.78 bits per heavy atom. The second-order valence-corrected chi connectivity index (χ2v) is 6.73. The highest BCUT2D eigenvalue weighted by atomic mass is 15.3. The van der Waals surface area contributed by atoms with Crippen LogP contribution in [0.3, 0.4) is 0 Å². The van der Waals surface area contributed by atoms with E-state index in [9.17, 15) is 0 Å². The van der Waals surface area contributed by atoms with Gasteiger partial charge in [0.2, 0.25) is 0 Å². The summed E-state index contributed by atoms with van der Waals surface area (Å²) in [5, 5.41) is 8.06. The van der Waals surface area contributed by atoms with Crippen LogP contribution in [-0.2, 0) is 6.54 Å². The monoisotopic (exact) mass is 312 g/mol. The molecule has 3 rings (SSSR count). The van der Waals surface area contributed by atoms with E-state index in [1.54, 1.807) is 0 Å². The molecule has 1 N–H and O–H groups in total. The summed E-state index contributed by atoms with van der Waals surface area (Å²) in [4.78, 5) is 2.51. The molecule has 1 aliphatic rings. The van der Waals surface area contributed by atoms with E-state index in [0.29, 0.717) is 12.1 Å². The van der Waals surface area contributed by atoms with Gasteiger partial charge in [-0.25, -0.2) is 0 Å². The van der Waals surface area contributed by atoms with Gasteiger partial charge in [-0.2, -0.15) is 5.10 Å². The number of nitrogens with zero attached hydrogens (tertiary/aromatic N) is 3. The van der Waals surface area contributed by atoms with Crippen LogP contribution in [0.2, 0.25) is 0 Å². The van der Waals surface area contributed by atoms with Gasteiger partial charge >= 0.3 is 0 Å². The fourth-order valence-corrected chi connectivity index (χ4v) is 3.37. The van der Waals surface area contributed by atoms with Gasteiger partial charge in [-0.1, -0.05) is 12.1 Å². The van der Waals surface area contributed by atoms with Gasteiger partial charge in [0.15, 0.2) is 0 Å². The molecule has 1 unspecified atom stereocenters. The Morgan fingerprint density at radius 2 is 2.09 bits per heavy atom. The number of hydrogen-bond acceptors (Lipinski definition) is 3. The zero-order valence-corrected chi connectivity index (χ0v) is 14.3. The average molecular weight is 312 g/mol. The molecule has 1 aromatic carbocycles. The molecule has 0 radical (unpaired) electrons. The van der Waals surface area contributed by atoms with Gasteiger partial charge in [0, 0.05) is 49.8 Å². The fraction of sp³-hybridized carbons (Fsp3) is 0.526. The van der Waals surface area contributed by atoms with Crippen LogP contribution in [-0.4, -0.2) is 35.0 Å². The maximum Gasteiger partial charge on any atom is 0.0489 e. The molecule has 2 heterocycles.